The minimum Gasteiger partial charge on any atom is -0.383 e. The first-order valence-electron chi connectivity index (χ1n) is 6.49. The van der Waals surface area contributed by atoms with E-state index in [2.05, 4.69) is 10.3 Å². The van der Waals surface area contributed by atoms with Crippen LogP contribution in [0.2, 0.25) is 0 Å². The van der Waals surface area contributed by atoms with Crippen molar-refractivity contribution >= 4 is 11.7 Å². The molecular formula is C14H22N4O. The van der Waals surface area contributed by atoms with Crippen LogP contribution in [0, 0.1) is 0 Å². The highest BCUT2D eigenvalue weighted by atomic mass is 16.2. The molecule has 1 aromatic carbocycles. The van der Waals surface area contributed by atoms with Gasteiger partial charge in [0.05, 0.1) is 0 Å². The molecule has 0 fully saturated rings. The van der Waals surface area contributed by atoms with Crippen LogP contribution < -0.4 is 16.8 Å². The number of amides is 1. The highest BCUT2D eigenvalue weighted by molar-refractivity contribution is 5.99. The molecule has 0 aliphatic rings. The van der Waals surface area contributed by atoms with Gasteiger partial charge >= 0.3 is 0 Å². The average molecular weight is 262 g/mol. The fraction of sp³-hybridized carbons (Fsp3) is 0.429. The lowest BCUT2D eigenvalue weighted by Crippen LogP contribution is -2.32. The minimum absolute atomic E-state index is 0.115. The fourth-order valence-corrected chi connectivity index (χ4v) is 1.75. The molecule has 19 heavy (non-hydrogen) atoms. The quantitative estimate of drug-likeness (QED) is 0.382. The Kier molecular flexibility index (Phi) is 6.60. The number of likely N-dealkylation sites (N-methyl/N-ethyl adjacent to an activating group) is 1. The summed E-state index contributed by atoms with van der Waals surface area (Å²) in [6, 6.07) is 8.99. The van der Waals surface area contributed by atoms with Crippen LogP contribution in [-0.4, -0.2) is 31.4 Å². The van der Waals surface area contributed by atoms with Crippen LogP contribution >= 0.6 is 0 Å². The van der Waals surface area contributed by atoms with Crippen LogP contribution in [0.5, 0.6) is 0 Å². The fourth-order valence-electron chi connectivity index (χ4n) is 1.75. The summed E-state index contributed by atoms with van der Waals surface area (Å²) in [5.41, 5.74) is 12.2. The SMILES string of the molecule is CNC(=O)[C@H](CCCCN)N=C(N)c1ccccc1. The van der Waals surface area contributed by atoms with Gasteiger partial charge in [0, 0.05) is 12.6 Å². The number of nitrogens with one attached hydrogen (secondary N) is 1. The molecule has 0 saturated heterocycles. The molecular weight excluding hydrogens is 240 g/mol. The molecule has 0 saturated carbocycles. The molecule has 5 nitrogen and oxygen atoms in total. The predicted octanol–water partition coefficient (Wildman–Crippen LogP) is 0.636. The van der Waals surface area contributed by atoms with Crippen LogP contribution in [0.15, 0.2) is 35.3 Å². The number of hydrogen-bond donors (Lipinski definition) is 3. The monoisotopic (exact) mass is 262 g/mol. The number of rotatable bonds is 7. The van der Waals surface area contributed by atoms with E-state index in [4.69, 9.17) is 11.5 Å². The number of aliphatic imine (C=N–C) groups is 1. The summed E-state index contributed by atoms with van der Waals surface area (Å²) >= 11 is 0. The number of carbonyl (C=O) groups is 1. The Morgan fingerprint density at radius 2 is 2.00 bits per heavy atom. The van der Waals surface area contributed by atoms with Crippen LogP contribution in [-0.2, 0) is 4.79 Å². The number of nitrogens with zero attached hydrogens (tertiary/aromatic N) is 1. The van der Waals surface area contributed by atoms with Crippen molar-refractivity contribution in [1.29, 1.82) is 0 Å². The lowest BCUT2D eigenvalue weighted by molar-refractivity contribution is -0.121. The zero-order valence-corrected chi connectivity index (χ0v) is 11.3. The van der Waals surface area contributed by atoms with Crippen molar-refractivity contribution < 1.29 is 4.79 Å². The molecule has 104 valence electrons. The highest BCUT2D eigenvalue weighted by Crippen LogP contribution is 2.07. The van der Waals surface area contributed by atoms with Gasteiger partial charge in [0.25, 0.3) is 0 Å². The second kappa shape index (κ2) is 8.26. The second-order valence-corrected chi connectivity index (χ2v) is 4.29. The third-order valence-corrected chi connectivity index (χ3v) is 2.85. The zero-order chi connectivity index (χ0) is 14.1. The van der Waals surface area contributed by atoms with Gasteiger partial charge in [0.15, 0.2) is 0 Å². The summed E-state index contributed by atoms with van der Waals surface area (Å²) in [5.74, 6) is 0.276. The van der Waals surface area contributed by atoms with Gasteiger partial charge in [-0.05, 0) is 25.8 Å². The predicted molar refractivity (Wildman–Crippen MR) is 77.9 cm³/mol. The van der Waals surface area contributed by atoms with E-state index < -0.39 is 6.04 Å². The summed E-state index contributed by atoms with van der Waals surface area (Å²) < 4.78 is 0. The Morgan fingerprint density at radius 1 is 1.32 bits per heavy atom. The summed E-state index contributed by atoms with van der Waals surface area (Å²) in [7, 11) is 1.60. The number of benzene rings is 1. The molecule has 1 rings (SSSR count). The van der Waals surface area contributed by atoms with Gasteiger partial charge in [-0.2, -0.15) is 0 Å². The van der Waals surface area contributed by atoms with Gasteiger partial charge in [-0.3, -0.25) is 9.79 Å². The minimum atomic E-state index is -0.447. The number of carbonyl (C=O) groups excluding carboxylic acids is 1. The van der Waals surface area contributed by atoms with E-state index in [0.29, 0.717) is 18.8 Å². The molecule has 5 heteroatoms. The van der Waals surface area contributed by atoms with E-state index >= 15 is 0 Å². The van der Waals surface area contributed by atoms with Crippen LogP contribution in [0.4, 0.5) is 0 Å². The normalized spacial score (nSPS) is 13.1. The lowest BCUT2D eigenvalue weighted by Gasteiger charge is -2.12. The molecule has 0 bridgehead atoms. The van der Waals surface area contributed by atoms with Gasteiger partial charge in [-0.15, -0.1) is 0 Å². The first-order chi connectivity index (χ1) is 9.19. The number of unbranched alkanes of at least 4 members (excludes halogenated alkanes) is 1. The third kappa shape index (κ3) is 5.09. The molecule has 1 aromatic rings. The Morgan fingerprint density at radius 3 is 2.58 bits per heavy atom. The Balaban J connectivity index is 2.77. The molecule has 0 unspecified atom stereocenters. The van der Waals surface area contributed by atoms with Crippen LogP contribution in [0.1, 0.15) is 24.8 Å². The van der Waals surface area contributed by atoms with Crippen LogP contribution in [0.25, 0.3) is 0 Å². The highest BCUT2D eigenvalue weighted by Gasteiger charge is 2.16. The maximum atomic E-state index is 11.8. The number of amidine groups is 1. The number of nitrogens with two attached hydrogens (primary N) is 2. The summed E-state index contributed by atoms with van der Waals surface area (Å²) in [6.07, 6.45) is 2.40. The van der Waals surface area contributed by atoms with Crippen molar-refractivity contribution in [2.24, 2.45) is 16.5 Å². The van der Waals surface area contributed by atoms with Crippen molar-refractivity contribution in [2.45, 2.75) is 25.3 Å². The van der Waals surface area contributed by atoms with E-state index in [9.17, 15) is 4.79 Å². The zero-order valence-electron chi connectivity index (χ0n) is 11.3. The summed E-state index contributed by atoms with van der Waals surface area (Å²) in [4.78, 5) is 16.1. The molecule has 0 aliphatic heterocycles. The van der Waals surface area contributed by atoms with Crippen molar-refractivity contribution in [3.8, 4) is 0 Å². The van der Waals surface area contributed by atoms with Gasteiger partial charge in [0.2, 0.25) is 5.91 Å². The van der Waals surface area contributed by atoms with Gasteiger partial charge < -0.3 is 16.8 Å². The van der Waals surface area contributed by atoms with E-state index in [1.807, 2.05) is 30.3 Å². The summed E-state index contributed by atoms with van der Waals surface area (Å²) in [6.45, 7) is 0.623. The van der Waals surface area contributed by atoms with E-state index in [1.54, 1.807) is 7.05 Å². The van der Waals surface area contributed by atoms with Gasteiger partial charge in [0.1, 0.15) is 11.9 Å². The van der Waals surface area contributed by atoms with E-state index in [0.717, 1.165) is 18.4 Å². The van der Waals surface area contributed by atoms with Gasteiger partial charge in [-0.25, -0.2) is 0 Å². The summed E-state index contributed by atoms with van der Waals surface area (Å²) in [5, 5.41) is 2.62. The molecule has 5 N–H and O–H groups in total. The third-order valence-electron chi connectivity index (χ3n) is 2.85. The molecule has 0 radical (unpaired) electrons. The Labute approximate surface area is 114 Å². The first kappa shape index (κ1) is 15.2. The molecule has 0 heterocycles. The van der Waals surface area contributed by atoms with Crippen molar-refractivity contribution in [1.82, 2.24) is 5.32 Å². The van der Waals surface area contributed by atoms with E-state index in [1.165, 1.54) is 0 Å². The molecule has 1 atom stereocenters. The first-order valence-corrected chi connectivity index (χ1v) is 6.49. The lowest BCUT2D eigenvalue weighted by atomic mass is 10.1. The topological polar surface area (TPSA) is 93.5 Å². The van der Waals surface area contributed by atoms with Crippen molar-refractivity contribution in [2.75, 3.05) is 13.6 Å². The Hall–Kier alpha value is -1.88. The molecule has 1 amide bonds. The smallest absolute Gasteiger partial charge is 0.244 e. The largest absolute Gasteiger partial charge is 0.383 e. The molecule has 0 aromatic heterocycles. The van der Waals surface area contributed by atoms with Crippen LogP contribution in [0.3, 0.4) is 0 Å². The maximum Gasteiger partial charge on any atom is 0.244 e. The number of hydrogen-bond acceptors (Lipinski definition) is 3. The van der Waals surface area contributed by atoms with Crippen molar-refractivity contribution in [3.05, 3.63) is 35.9 Å². The standard InChI is InChI=1S/C14H22N4O/c1-17-14(19)12(9-5-6-10-15)18-13(16)11-7-3-2-4-8-11/h2-4,7-8,12H,5-6,9-10,15H2,1H3,(H2,16,18)(H,17,19)/t12-/m0/s1. The molecule has 0 spiro atoms. The van der Waals surface area contributed by atoms with Crippen molar-refractivity contribution in [3.63, 3.8) is 0 Å². The average Bonchev–Trinajstić information content (AvgIpc) is 2.46. The second-order valence-electron chi connectivity index (χ2n) is 4.29. The van der Waals surface area contributed by atoms with Gasteiger partial charge in [-0.1, -0.05) is 30.3 Å². The molecule has 0 aliphatic carbocycles. The maximum absolute atomic E-state index is 11.8. The van der Waals surface area contributed by atoms with E-state index in [-0.39, 0.29) is 5.91 Å². The Bertz CT molecular complexity index is 417.